The third-order valence-corrected chi connectivity index (χ3v) is 5.77. The van der Waals surface area contributed by atoms with E-state index < -0.39 is 0 Å². The Morgan fingerprint density at radius 1 is 1.29 bits per heavy atom. The molecule has 0 saturated heterocycles. The summed E-state index contributed by atoms with van der Waals surface area (Å²) < 4.78 is 1.39. The number of nitrogens with one attached hydrogen (secondary N) is 1. The lowest BCUT2D eigenvalue weighted by molar-refractivity contribution is 0.706. The minimum atomic E-state index is -0.00236. The van der Waals surface area contributed by atoms with Crippen molar-refractivity contribution in [2.24, 2.45) is 0 Å². The van der Waals surface area contributed by atoms with Crippen molar-refractivity contribution in [3.05, 3.63) is 41.1 Å². The molecule has 0 spiro atoms. The summed E-state index contributed by atoms with van der Waals surface area (Å²) in [5.74, 6) is 0. The second kappa shape index (κ2) is 5.47. The Bertz CT molecular complexity index is 531. The average Bonchev–Trinajstić information content (AvgIpc) is 2.77. The first-order valence-electron chi connectivity index (χ1n) is 4.90. The smallest absolute Gasteiger partial charge is 0.0995 e. The van der Waals surface area contributed by atoms with Crippen LogP contribution >= 0.6 is 57.5 Å². The van der Waals surface area contributed by atoms with Crippen molar-refractivity contribution in [3.63, 3.8) is 0 Å². The number of rotatable bonds is 3. The fourth-order valence-corrected chi connectivity index (χ4v) is 4.58. The lowest BCUT2D eigenvalue weighted by Gasteiger charge is -2.14. The van der Waals surface area contributed by atoms with Gasteiger partial charge in [-0.1, -0.05) is 34.8 Å². The standard InChI is InChI=1S/C11H10Cl3NS2/c1-5-4-16-10(8(5)13)9(15-2)6-3-7(12)17-11(6)14/h3-4,9,15H,1-2H3. The molecule has 0 saturated carbocycles. The van der Waals surface area contributed by atoms with Gasteiger partial charge in [-0.3, -0.25) is 0 Å². The van der Waals surface area contributed by atoms with Gasteiger partial charge in [0.1, 0.15) is 0 Å². The first-order valence-corrected chi connectivity index (χ1v) is 7.73. The summed E-state index contributed by atoms with van der Waals surface area (Å²) in [4.78, 5) is 1.07. The second-order valence-electron chi connectivity index (χ2n) is 3.60. The Kier molecular flexibility index (Phi) is 4.40. The van der Waals surface area contributed by atoms with Gasteiger partial charge in [0.25, 0.3) is 0 Å². The van der Waals surface area contributed by atoms with Crippen molar-refractivity contribution in [2.45, 2.75) is 13.0 Å². The number of halogens is 3. The Morgan fingerprint density at radius 2 is 2.00 bits per heavy atom. The zero-order valence-electron chi connectivity index (χ0n) is 9.18. The van der Waals surface area contributed by atoms with Crippen LogP contribution in [0.25, 0.3) is 0 Å². The Balaban J connectivity index is 2.47. The second-order valence-corrected chi connectivity index (χ2v) is 7.17. The SMILES string of the molecule is CNC(c1cc(Cl)sc1Cl)c1scc(C)c1Cl. The summed E-state index contributed by atoms with van der Waals surface area (Å²) in [5, 5.41) is 6.08. The molecule has 1 atom stereocenters. The molecule has 0 aliphatic rings. The summed E-state index contributed by atoms with van der Waals surface area (Å²) in [5.41, 5.74) is 2.07. The quantitative estimate of drug-likeness (QED) is 0.797. The molecule has 0 bridgehead atoms. The maximum Gasteiger partial charge on any atom is 0.0995 e. The van der Waals surface area contributed by atoms with E-state index in [2.05, 4.69) is 5.32 Å². The molecule has 2 aromatic rings. The molecule has 1 unspecified atom stereocenters. The molecular formula is C11H10Cl3NS2. The van der Waals surface area contributed by atoms with E-state index in [1.54, 1.807) is 11.3 Å². The van der Waals surface area contributed by atoms with E-state index in [1.165, 1.54) is 11.3 Å². The van der Waals surface area contributed by atoms with Gasteiger partial charge in [-0.15, -0.1) is 22.7 Å². The van der Waals surface area contributed by atoms with Crippen LogP contribution in [0.1, 0.15) is 22.0 Å². The van der Waals surface area contributed by atoms with Crippen LogP contribution in [0.4, 0.5) is 0 Å². The van der Waals surface area contributed by atoms with E-state index in [4.69, 9.17) is 34.8 Å². The molecule has 1 N–H and O–H groups in total. The van der Waals surface area contributed by atoms with Gasteiger partial charge in [0, 0.05) is 10.4 Å². The van der Waals surface area contributed by atoms with Crippen molar-refractivity contribution < 1.29 is 0 Å². The maximum atomic E-state index is 6.29. The largest absolute Gasteiger partial charge is 0.309 e. The van der Waals surface area contributed by atoms with Crippen molar-refractivity contribution in [1.29, 1.82) is 0 Å². The van der Waals surface area contributed by atoms with E-state index in [0.29, 0.717) is 8.67 Å². The summed E-state index contributed by atoms with van der Waals surface area (Å²) in [7, 11) is 1.89. The molecule has 0 aliphatic carbocycles. The van der Waals surface area contributed by atoms with E-state index in [0.717, 1.165) is 21.0 Å². The zero-order valence-corrected chi connectivity index (χ0v) is 13.1. The fourth-order valence-electron chi connectivity index (χ4n) is 1.62. The van der Waals surface area contributed by atoms with Crippen LogP contribution in [0.3, 0.4) is 0 Å². The first-order chi connectivity index (χ1) is 8.04. The summed E-state index contributed by atoms with van der Waals surface area (Å²) in [6.45, 7) is 2.00. The van der Waals surface area contributed by atoms with Crippen molar-refractivity contribution >= 4 is 57.5 Å². The normalized spacial score (nSPS) is 13.0. The molecule has 2 rings (SSSR count). The predicted octanol–water partition coefficient (Wildman–Crippen LogP) is 5.39. The van der Waals surface area contributed by atoms with Gasteiger partial charge < -0.3 is 5.32 Å². The van der Waals surface area contributed by atoms with E-state index in [9.17, 15) is 0 Å². The van der Waals surface area contributed by atoms with Gasteiger partial charge in [0.2, 0.25) is 0 Å². The van der Waals surface area contributed by atoms with Gasteiger partial charge >= 0.3 is 0 Å². The van der Waals surface area contributed by atoms with Crippen molar-refractivity contribution in [1.82, 2.24) is 5.32 Å². The average molecular weight is 327 g/mol. The highest BCUT2D eigenvalue weighted by Crippen LogP contribution is 2.41. The minimum absolute atomic E-state index is 0.00236. The zero-order chi connectivity index (χ0) is 12.6. The predicted molar refractivity (Wildman–Crippen MR) is 79.3 cm³/mol. The number of aryl methyl sites for hydroxylation is 1. The molecule has 6 heteroatoms. The Morgan fingerprint density at radius 3 is 2.41 bits per heavy atom. The van der Waals surface area contributed by atoms with Crippen molar-refractivity contribution in [3.8, 4) is 0 Å². The van der Waals surface area contributed by atoms with Crippen LogP contribution in [0.15, 0.2) is 11.4 Å². The highest BCUT2D eigenvalue weighted by molar-refractivity contribution is 7.20. The van der Waals surface area contributed by atoms with Crippen LogP contribution in [-0.2, 0) is 0 Å². The first kappa shape index (κ1) is 13.7. The van der Waals surface area contributed by atoms with Crippen LogP contribution < -0.4 is 5.32 Å². The lowest BCUT2D eigenvalue weighted by atomic mass is 10.1. The molecule has 0 aromatic carbocycles. The van der Waals surface area contributed by atoms with Crippen LogP contribution in [0.5, 0.6) is 0 Å². The molecule has 0 aliphatic heterocycles. The molecule has 92 valence electrons. The molecular weight excluding hydrogens is 317 g/mol. The molecule has 0 radical (unpaired) electrons. The topological polar surface area (TPSA) is 12.0 Å². The summed E-state index contributed by atoms with van der Waals surface area (Å²) in [6.07, 6.45) is 0. The molecule has 1 nitrogen and oxygen atoms in total. The third-order valence-electron chi connectivity index (χ3n) is 2.47. The minimum Gasteiger partial charge on any atom is -0.309 e. The maximum absolute atomic E-state index is 6.29. The van der Waals surface area contributed by atoms with Gasteiger partial charge in [0.05, 0.1) is 19.7 Å². The van der Waals surface area contributed by atoms with Gasteiger partial charge in [-0.05, 0) is 31.0 Å². The molecule has 0 amide bonds. The highest BCUT2D eigenvalue weighted by Gasteiger charge is 2.22. The van der Waals surface area contributed by atoms with Gasteiger partial charge in [-0.25, -0.2) is 0 Å². The monoisotopic (exact) mass is 325 g/mol. The van der Waals surface area contributed by atoms with Gasteiger partial charge in [0.15, 0.2) is 0 Å². The highest BCUT2D eigenvalue weighted by atomic mass is 35.5. The fraction of sp³-hybridized carbons (Fsp3) is 0.273. The molecule has 0 fully saturated rings. The van der Waals surface area contributed by atoms with E-state index >= 15 is 0 Å². The van der Waals surface area contributed by atoms with Gasteiger partial charge in [-0.2, -0.15) is 0 Å². The van der Waals surface area contributed by atoms with E-state index in [1.807, 2.05) is 25.4 Å². The molecule has 2 heterocycles. The Hall–Kier alpha value is 0.230. The summed E-state index contributed by atoms with van der Waals surface area (Å²) in [6, 6.07) is 1.89. The number of hydrogen-bond donors (Lipinski definition) is 1. The number of hydrogen-bond acceptors (Lipinski definition) is 3. The van der Waals surface area contributed by atoms with E-state index in [-0.39, 0.29) is 6.04 Å². The van der Waals surface area contributed by atoms with Crippen LogP contribution in [0, 0.1) is 6.92 Å². The lowest BCUT2D eigenvalue weighted by Crippen LogP contribution is -2.16. The Labute approximate surface area is 123 Å². The van der Waals surface area contributed by atoms with Crippen LogP contribution in [0.2, 0.25) is 13.7 Å². The third kappa shape index (κ3) is 2.65. The number of thiophene rings is 2. The van der Waals surface area contributed by atoms with Crippen molar-refractivity contribution in [2.75, 3.05) is 7.05 Å². The van der Waals surface area contributed by atoms with Crippen LogP contribution in [-0.4, -0.2) is 7.05 Å². The molecule has 17 heavy (non-hydrogen) atoms. The summed E-state index contributed by atoms with van der Waals surface area (Å²) >= 11 is 21.5. The molecule has 2 aromatic heterocycles.